The Hall–Kier alpha value is -3.22. The highest BCUT2D eigenvalue weighted by Gasteiger charge is 2.14. The molecule has 0 unspecified atom stereocenters. The van der Waals surface area contributed by atoms with E-state index in [1.807, 2.05) is 0 Å². The van der Waals surface area contributed by atoms with Crippen LogP contribution in [0.3, 0.4) is 0 Å². The molecule has 1 N–H and O–H groups in total. The number of ether oxygens (including phenoxy) is 1. The predicted molar refractivity (Wildman–Crippen MR) is 83.7 cm³/mol. The summed E-state index contributed by atoms with van der Waals surface area (Å²) in [6.07, 6.45) is 2.85. The summed E-state index contributed by atoms with van der Waals surface area (Å²) in [6, 6.07) is 10.2. The van der Waals surface area contributed by atoms with E-state index < -0.39 is 22.3 Å². The van der Waals surface area contributed by atoms with Crippen molar-refractivity contribution in [2.24, 2.45) is 0 Å². The molecule has 2 aromatic carbocycles. The van der Waals surface area contributed by atoms with Crippen LogP contribution in [0.5, 0.6) is 5.75 Å². The highest BCUT2D eigenvalue weighted by atomic mass is 19.1. The molecule has 1 amide bonds. The molecule has 0 aliphatic heterocycles. The molecule has 0 spiro atoms. The van der Waals surface area contributed by atoms with Gasteiger partial charge in [0, 0.05) is 17.8 Å². The summed E-state index contributed by atoms with van der Waals surface area (Å²) in [4.78, 5) is 21.6. The zero-order chi connectivity index (χ0) is 16.8. The van der Waals surface area contributed by atoms with Gasteiger partial charge in [0.05, 0.1) is 12.0 Å². The zero-order valence-electron chi connectivity index (χ0n) is 12.2. The van der Waals surface area contributed by atoms with Gasteiger partial charge in [-0.15, -0.1) is 0 Å². The molecule has 2 aromatic rings. The van der Waals surface area contributed by atoms with Crippen LogP contribution in [-0.2, 0) is 4.79 Å². The van der Waals surface area contributed by atoms with Crippen molar-refractivity contribution in [3.63, 3.8) is 0 Å². The molecule has 0 saturated heterocycles. The molecule has 0 atom stereocenters. The van der Waals surface area contributed by atoms with Crippen molar-refractivity contribution in [3.05, 3.63) is 70.0 Å². The van der Waals surface area contributed by atoms with Crippen molar-refractivity contribution in [1.82, 2.24) is 0 Å². The van der Waals surface area contributed by atoms with Crippen molar-refractivity contribution in [2.45, 2.75) is 0 Å². The minimum Gasteiger partial charge on any atom is -0.497 e. The normalized spacial score (nSPS) is 10.5. The van der Waals surface area contributed by atoms with Crippen LogP contribution in [0.15, 0.2) is 48.5 Å². The largest absolute Gasteiger partial charge is 0.497 e. The Bertz CT molecular complexity index is 757. The average Bonchev–Trinajstić information content (AvgIpc) is 2.55. The zero-order valence-corrected chi connectivity index (χ0v) is 12.2. The fourth-order valence-electron chi connectivity index (χ4n) is 1.80. The lowest BCUT2D eigenvalue weighted by Gasteiger charge is -2.03. The second-order valence-electron chi connectivity index (χ2n) is 4.52. The minimum atomic E-state index is -0.957. The number of nitrogens with one attached hydrogen (secondary N) is 1. The SMILES string of the molecule is COc1ccc(C=CC(=O)Nc2ccc(F)c([N+](=O)[O-])c2)cc1. The number of carbonyl (C=O) groups is 1. The van der Waals surface area contributed by atoms with Crippen LogP contribution in [0, 0.1) is 15.9 Å². The van der Waals surface area contributed by atoms with Crippen molar-refractivity contribution in [3.8, 4) is 5.75 Å². The number of hydrogen-bond acceptors (Lipinski definition) is 4. The van der Waals surface area contributed by atoms with Crippen LogP contribution in [0.2, 0.25) is 0 Å². The van der Waals surface area contributed by atoms with E-state index in [2.05, 4.69) is 5.32 Å². The lowest BCUT2D eigenvalue weighted by atomic mass is 10.2. The molecule has 23 heavy (non-hydrogen) atoms. The van der Waals surface area contributed by atoms with E-state index in [4.69, 9.17) is 4.74 Å². The number of benzene rings is 2. The first-order valence-electron chi connectivity index (χ1n) is 6.56. The average molecular weight is 316 g/mol. The number of nitrogens with zero attached hydrogens (tertiary/aromatic N) is 1. The lowest BCUT2D eigenvalue weighted by molar-refractivity contribution is -0.387. The summed E-state index contributed by atoms with van der Waals surface area (Å²) in [5.41, 5.74) is 0.232. The molecule has 6 nitrogen and oxygen atoms in total. The first-order valence-corrected chi connectivity index (χ1v) is 6.56. The number of carbonyl (C=O) groups excluding carboxylic acids is 1. The lowest BCUT2D eigenvalue weighted by Crippen LogP contribution is -2.08. The Morgan fingerprint density at radius 1 is 1.26 bits per heavy atom. The van der Waals surface area contributed by atoms with E-state index in [-0.39, 0.29) is 5.69 Å². The second kappa shape index (κ2) is 7.17. The van der Waals surface area contributed by atoms with Crippen LogP contribution in [0.25, 0.3) is 6.08 Å². The molecular formula is C16H13FN2O4. The van der Waals surface area contributed by atoms with Crippen LogP contribution in [-0.4, -0.2) is 17.9 Å². The van der Waals surface area contributed by atoms with Gasteiger partial charge in [0.1, 0.15) is 5.75 Å². The maximum absolute atomic E-state index is 13.2. The Morgan fingerprint density at radius 2 is 1.96 bits per heavy atom. The van der Waals surface area contributed by atoms with Crippen LogP contribution < -0.4 is 10.1 Å². The molecular weight excluding hydrogens is 303 g/mol. The number of halogens is 1. The topological polar surface area (TPSA) is 81.5 Å². The predicted octanol–water partition coefficient (Wildman–Crippen LogP) is 3.39. The van der Waals surface area contributed by atoms with Crippen molar-refractivity contribution < 1.29 is 18.8 Å². The molecule has 0 heterocycles. The molecule has 0 saturated carbocycles. The Morgan fingerprint density at radius 3 is 2.57 bits per heavy atom. The van der Waals surface area contributed by atoms with Gasteiger partial charge in [0.25, 0.3) is 0 Å². The van der Waals surface area contributed by atoms with Gasteiger partial charge in [-0.25, -0.2) is 0 Å². The third-order valence-corrected chi connectivity index (χ3v) is 2.95. The van der Waals surface area contributed by atoms with Gasteiger partial charge in [-0.05, 0) is 35.9 Å². The van der Waals surface area contributed by atoms with Gasteiger partial charge in [-0.3, -0.25) is 14.9 Å². The summed E-state index contributed by atoms with van der Waals surface area (Å²) in [5.74, 6) is -0.742. The molecule has 0 bridgehead atoms. The molecule has 118 valence electrons. The fraction of sp³-hybridized carbons (Fsp3) is 0.0625. The third kappa shape index (κ3) is 4.37. The van der Waals surface area contributed by atoms with Crippen LogP contribution in [0.4, 0.5) is 15.8 Å². The fourth-order valence-corrected chi connectivity index (χ4v) is 1.80. The summed E-state index contributed by atoms with van der Waals surface area (Å²) in [5, 5.41) is 13.1. The van der Waals surface area contributed by atoms with E-state index in [9.17, 15) is 19.3 Å². The number of rotatable bonds is 5. The van der Waals surface area contributed by atoms with E-state index in [0.717, 1.165) is 17.7 Å². The Kier molecular flexibility index (Phi) is 5.03. The molecule has 0 fully saturated rings. The van der Waals surface area contributed by atoms with Crippen LogP contribution in [0.1, 0.15) is 5.56 Å². The second-order valence-corrected chi connectivity index (χ2v) is 4.52. The monoisotopic (exact) mass is 316 g/mol. The molecule has 0 aromatic heterocycles. The van der Waals surface area contributed by atoms with E-state index in [0.29, 0.717) is 5.75 Å². The number of nitro groups is 1. The van der Waals surface area contributed by atoms with Gasteiger partial charge in [0.2, 0.25) is 11.7 Å². The Labute approximate surface area is 131 Å². The first kappa shape index (κ1) is 16.2. The van der Waals surface area contributed by atoms with E-state index >= 15 is 0 Å². The summed E-state index contributed by atoms with van der Waals surface area (Å²) < 4.78 is 18.2. The van der Waals surface area contributed by atoms with E-state index in [1.54, 1.807) is 37.5 Å². The molecule has 0 aliphatic carbocycles. The van der Waals surface area contributed by atoms with Crippen molar-refractivity contribution in [1.29, 1.82) is 0 Å². The number of anilines is 1. The quantitative estimate of drug-likeness (QED) is 0.521. The first-order chi connectivity index (χ1) is 11.0. The maximum atomic E-state index is 13.2. The van der Waals surface area contributed by atoms with E-state index in [1.165, 1.54) is 12.1 Å². The highest BCUT2D eigenvalue weighted by molar-refractivity contribution is 6.02. The maximum Gasteiger partial charge on any atom is 0.306 e. The summed E-state index contributed by atoms with van der Waals surface area (Å²) in [7, 11) is 1.56. The van der Waals surface area contributed by atoms with Gasteiger partial charge in [-0.1, -0.05) is 12.1 Å². The summed E-state index contributed by atoms with van der Waals surface area (Å²) in [6.45, 7) is 0. The van der Waals surface area contributed by atoms with Crippen molar-refractivity contribution >= 4 is 23.4 Å². The molecule has 7 heteroatoms. The number of nitro benzene ring substituents is 1. The standard InChI is InChI=1S/C16H13FN2O4/c1-23-13-6-2-11(3-7-13)4-9-16(20)18-12-5-8-14(17)15(10-12)19(21)22/h2-10H,1H3,(H,18,20). The highest BCUT2D eigenvalue weighted by Crippen LogP contribution is 2.21. The van der Waals surface area contributed by atoms with Crippen molar-refractivity contribution in [2.75, 3.05) is 12.4 Å². The Balaban J connectivity index is 2.05. The minimum absolute atomic E-state index is 0.141. The number of amides is 1. The third-order valence-electron chi connectivity index (χ3n) is 2.95. The molecule has 2 rings (SSSR count). The smallest absolute Gasteiger partial charge is 0.306 e. The van der Waals surface area contributed by atoms with Gasteiger partial charge in [-0.2, -0.15) is 4.39 Å². The van der Waals surface area contributed by atoms with Gasteiger partial charge in [0.15, 0.2) is 0 Å². The molecule has 0 aliphatic rings. The summed E-state index contributed by atoms with van der Waals surface area (Å²) >= 11 is 0. The number of methoxy groups -OCH3 is 1. The van der Waals surface area contributed by atoms with Gasteiger partial charge >= 0.3 is 5.69 Å². The van der Waals surface area contributed by atoms with Crippen LogP contribution >= 0.6 is 0 Å². The molecule has 0 radical (unpaired) electrons. The van der Waals surface area contributed by atoms with Gasteiger partial charge < -0.3 is 10.1 Å². The number of hydrogen-bond donors (Lipinski definition) is 1.